The normalized spacial score (nSPS) is 16.3. The van der Waals surface area contributed by atoms with Gasteiger partial charge in [0.2, 0.25) is 5.91 Å². The highest BCUT2D eigenvalue weighted by atomic mass is 16.3. The van der Waals surface area contributed by atoms with Crippen molar-refractivity contribution >= 4 is 5.91 Å². The van der Waals surface area contributed by atoms with Gasteiger partial charge in [-0.05, 0) is 33.2 Å². The van der Waals surface area contributed by atoms with Gasteiger partial charge in [0, 0.05) is 18.5 Å². The van der Waals surface area contributed by atoms with Crippen LogP contribution in [0, 0.1) is 5.92 Å². The van der Waals surface area contributed by atoms with E-state index in [0.717, 1.165) is 5.76 Å². The van der Waals surface area contributed by atoms with Crippen molar-refractivity contribution < 1.29 is 9.21 Å². The van der Waals surface area contributed by atoms with Gasteiger partial charge < -0.3 is 15.5 Å². The van der Waals surface area contributed by atoms with Crippen LogP contribution in [0.2, 0.25) is 0 Å². The Morgan fingerprint density at radius 1 is 1.50 bits per heavy atom. The topological polar surface area (TPSA) is 71.5 Å². The lowest BCUT2D eigenvalue weighted by Gasteiger charge is -2.24. The number of furan rings is 1. The van der Waals surface area contributed by atoms with Crippen molar-refractivity contribution in [3.05, 3.63) is 24.2 Å². The Bertz CT molecular complexity index is 360. The van der Waals surface area contributed by atoms with E-state index in [1.807, 2.05) is 45.0 Å². The van der Waals surface area contributed by atoms with Crippen LogP contribution in [0.4, 0.5) is 0 Å². The molecular formula is C13H23N3O2. The van der Waals surface area contributed by atoms with Gasteiger partial charge in [-0.1, -0.05) is 6.92 Å². The standard InChI is InChI=1S/C13H23N3O2/c1-9(10(2)14)13(17)15-8-11(16(3)4)12-6-5-7-18-12/h5-7,9-11H,8,14H2,1-4H3,(H,15,17). The molecule has 0 saturated heterocycles. The second-order valence-corrected chi connectivity index (χ2v) is 4.89. The lowest BCUT2D eigenvalue weighted by Crippen LogP contribution is -2.41. The fourth-order valence-electron chi connectivity index (χ4n) is 1.62. The molecule has 0 aliphatic carbocycles. The molecule has 1 heterocycles. The van der Waals surface area contributed by atoms with Gasteiger partial charge in [0.1, 0.15) is 5.76 Å². The van der Waals surface area contributed by atoms with Gasteiger partial charge in [0.25, 0.3) is 0 Å². The summed E-state index contributed by atoms with van der Waals surface area (Å²) in [6.07, 6.45) is 1.64. The summed E-state index contributed by atoms with van der Waals surface area (Å²) in [4.78, 5) is 13.9. The molecule has 0 bridgehead atoms. The molecule has 5 heteroatoms. The van der Waals surface area contributed by atoms with Crippen LogP contribution >= 0.6 is 0 Å². The van der Waals surface area contributed by atoms with Gasteiger partial charge in [-0.2, -0.15) is 0 Å². The molecule has 1 aromatic rings. The first-order valence-electron chi connectivity index (χ1n) is 6.16. The fraction of sp³-hybridized carbons (Fsp3) is 0.615. The molecular weight excluding hydrogens is 230 g/mol. The molecule has 1 rings (SSSR count). The summed E-state index contributed by atoms with van der Waals surface area (Å²) in [6, 6.07) is 3.64. The van der Waals surface area contributed by atoms with Crippen molar-refractivity contribution in [2.75, 3.05) is 20.6 Å². The molecule has 0 aliphatic rings. The van der Waals surface area contributed by atoms with E-state index >= 15 is 0 Å². The number of hydrogen-bond donors (Lipinski definition) is 2. The van der Waals surface area contributed by atoms with Crippen molar-refractivity contribution in [3.8, 4) is 0 Å². The molecule has 5 nitrogen and oxygen atoms in total. The summed E-state index contributed by atoms with van der Waals surface area (Å²) in [5, 5.41) is 2.91. The maximum Gasteiger partial charge on any atom is 0.224 e. The Balaban J connectivity index is 2.57. The van der Waals surface area contributed by atoms with Crippen LogP contribution < -0.4 is 11.1 Å². The average Bonchev–Trinajstić information content (AvgIpc) is 2.81. The average molecular weight is 253 g/mol. The zero-order valence-corrected chi connectivity index (χ0v) is 11.5. The van der Waals surface area contributed by atoms with Crippen molar-refractivity contribution in [1.29, 1.82) is 0 Å². The van der Waals surface area contributed by atoms with Crippen molar-refractivity contribution in [1.82, 2.24) is 10.2 Å². The Morgan fingerprint density at radius 3 is 2.61 bits per heavy atom. The van der Waals surface area contributed by atoms with E-state index in [2.05, 4.69) is 5.32 Å². The van der Waals surface area contributed by atoms with Crippen molar-refractivity contribution in [2.45, 2.75) is 25.9 Å². The quantitative estimate of drug-likeness (QED) is 0.793. The van der Waals surface area contributed by atoms with E-state index in [1.54, 1.807) is 6.26 Å². The van der Waals surface area contributed by atoms with E-state index in [4.69, 9.17) is 10.2 Å². The molecule has 0 saturated carbocycles. The van der Waals surface area contributed by atoms with Crippen LogP contribution in [0.25, 0.3) is 0 Å². The highest BCUT2D eigenvalue weighted by molar-refractivity contribution is 5.78. The number of nitrogens with two attached hydrogens (primary N) is 1. The number of hydrogen-bond acceptors (Lipinski definition) is 4. The van der Waals surface area contributed by atoms with Crippen LogP contribution in [-0.4, -0.2) is 37.5 Å². The van der Waals surface area contributed by atoms with Gasteiger partial charge in [-0.15, -0.1) is 0 Å². The summed E-state index contributed by atoms with van der Waals surface area (Å²) < 4.78 is 5.38. The third-order valence-electron chi connectivity index (χ3n) is 3.17. The van der Waals surface area contributed by atoms with Crippen molar-refractivity contribution in [3.63, 3.8) is 0 Å². The molecule has 18 heavy (non-hydrogen) atoms. The van der Waals surface area contributed by atoms with Gasteiger partial charge in [-0.25, -0.2) is 0 Å². The molecule has 0 radical (unpaired) electrons. The molecule has 3 atom stereocenters. The second kappa shape index (κ2) is 6.56. The number of likely N-dealkylation sites (N-methyl/N-ethyl adjacent to an activating group) is 1. The first kappa shape index (κ1) is 14.7. The lowest BCUT2D eigenvalue weighted by molar-refractivity contribution is -0.125. The first-order valence-corrected chi connectivity index (χ1v) is 6.16. The minimum absolute atomic E-state index is 0.0246. The van der Waals surface area contributed by atoms with E-state index in [9.17, 15) is 4.79 Å². The predicted molar refractivity (Wildman–Crippen MR) is 71.0 cm³/mol. The number of carbonyl (C=O) groups is 1. The third-order valence-corrected chi connectivity index (χ3v) is 3.17. The minimum atomic E-state index is -0.190. The van der Waals surface area contributed by atoms with E-state index in [1.165, 1.54) is 0 Å². The fourth-order valence-corrected chi connectivity index (χ4v) is 1.62. The Labute approximate surface area is 108 Å². The SMILES string of the molecule is CC(N)C(C)C(=O)NCC(c1ccco1)N(C)C. The maximum atomic E-state index is 11.8. The van der Waals surface area contributed by atoms with Crippen LogP contribution in [0.15, 0.2) is 22.8 Å². The minimum Gasteiger partial charge on any atom is -0.468 e. The summed E-state index contributed by atoms with van der Waals surface area (Å²) in [6.45, 7) is 4.17. The van der Waals surface area contributed by atoms with Gasteiger partial charge in [0.15, 0.2) is 0 Å². The van der Waals surface area contributed by atoms with Crippen LogP contribution in [0.3, 0.4) is 0 Å². The molecule has 3 N–H and O–H groups in total. The predicted octanol–water partition coefficient (Wildman–Crippen LogP) is 0.982. The Hall–Kier alpha value is -1.33. The zero-order valence-electron chi connectivity index (χ0n) is 11.5. The van der Waals surface area contributed by atoms with E-state index in [-0.39, 0.29) is 23.9 Å². The summed E-state index contributed by atoms with van der Waals surface area (Å²) in [7, 11) is 3.91. The van der Waals surface area contributed by atoms with Crippen LogP contribution in [0.1, 0.15) is 25.6 Å². The highest BCUT2D eigenvalue weighted by Crippen LogP contribution is 2.17. The van der Waals surface area contributed by atoms with E-state index in [0.29, 0.717) is 6.54 Å². The molecule has 3 unspecified atom stereocenters. The number of nitrogens with one attached hydrogen (secondary N) is 1. The molecule has 0 aromatic carbocycles. The molecule has 1 amide bonds. The lowest BCUT2D eigenvalue weighted by atomic mass is 10.0. The monoisotopic (exact) mass is 253 g/mol. The molecule has 0 fully saturated rings. The molecule has 0 aliphatic heterocycles. The summed E-state index contributed by atoms with van der Waals surface area (Å²) >= 11 is 0. The number of nitrogens with zero attached hydrogens (tertiary/aromatic N) is 1. The number of carbonyl (C=O) groups excluding carboxylic acids is 1. The van der Waals surface area contributed by atoms with Gasteiger partial charge >= 0.3 is 0 Å². The Morgan fingerprint density at radius 2 is 2.17 bits per heavy atom. The Kier molecular flexibility index (Phi) is 5.37. The van der Waals surface area contributed by atoms with E-state index < -0.39 is 0 Å². The smallest absolute Gasteiger partial charge is 0.224 e. The largest absolute Gasteiger partial charge is 0.468 e. The molecule has 0 spiro atoms. The highest BCUT2D eigenvalue weighted by Gasteiger charge is 2.21. The number of rotatable bonds is 6. The summed E-state index contributed by atoms with van der Waals surface area (Å²) in [5.41, 5.74) is 5.71. The van der Waals surface area contributed by atoms with Crippen molar-refractivity contribution in [2.24, 2.45) is 11.7 Å². The van der Waals surface area contributed by atoms with Gasteiger partial charge in [0.05, 0.1) is 12.3 Å². The number of amides is 1. The summed E-state index contributed by atoms with van der Waals surface area (Å²) in [5.74, 6) is 0.626. The molecule has 1 aromatic heterocycles. The molecule has 102 valence electrons. The van der Waals surface area contributed by atoms with Crippen LogP contribution in [0.5, 0.6) is 0 Å². The second-order valence-electron chi connectivity index (χ2n) is 4.89. The van der Waals surface area contributed by atoms with Crippen LogP contribution in [-0.2, 0) is 4.79 Å². The first-order chi connectivity index (χ1) is 8.43. The van der Waals surface area contributed by atoms with Gasteiger partial charge in [-0.3, -0.25) is 9.69 Å². The maximum absolute atomic E-state index is 11.8. The zero-order chi connectivity index (χ0) is 13.7. The third kappa shape index (κ3) is 3.85.